The predicted octanol–water partition coefficient (Wildman–Crippen LogP) is 3.70. The van der Waals surface area contributed by atoms with Gasteiger partial charge < -0.3 is 4.74 Å². The van der Waals surface area contributed by atoms with E-state index in [1.165, 1.54) is 24.0 Å². The summed E-state index contributed by atoms with van der Waals surface area (Å²) >= 11 is 0. The summed E-state index contributed by atoms with van der Waals surface area (Å²) in [7, 11) is 1.75. The molecule has 1 fully saturated rings. The molecule has 0 N–H and O–H groups in total. The van der Waals surface area contributed by atoms with Crippen LogP contribution in [0.5, 0.6) is 5.75 Å². The molecule has 0 unspecified atom stereocenters. The molecule has 0 heterocycles. The topological polar surface area (TPSA) is 9.23 Å². The monoisotopic (exact) mass is 190 g/mol. The van der Waals surface area contributed by atoms with Crippen molar-refractivity contribution in [1.82, 2.24) is 0 Å². The first-order chi connectivity index (χ1) is 6.70. The largest absolute Gasteiger partial charge is 0.497 e. The minimum atomic E-state index is 0.586. The third kappa shape index (κ3) is 1.92. The highest BCUT2D eigenvalue weighted by Gasteiger charge is 2.24. The Hall–Kier alpha value is -0.980. The van der Waals surface area contributed by atoms with Crippen molar-refractivity contribution in [3.05, 3.63) is 29.3 Å². The van der Waals surface area contributed by atoms with Gasteiger partial charge in [-0.3, -0.25) is 0 Å². The highest BCUT2D eigenvalue weighted by atomic mass is 16.5. The van der Waals surface area contributed by atoms with Crippen molar-refractivity contribution in [2.45, 2.75) is 38.5 Å². The normalized spacial score (nSPS) is 16.0. The molecule has 14 heavy (non-hydrogen) atoms. The van der Waals surface area contributed by atoms with Crippen LogP contribution in [-0.2, 0) is 0 Å². The van der Waals surface area contributed by atoms with E-state index >= 15 is 0 Å². The fourth-order valence-corrected chi connectivity index (χ4v) is 1.75. The fourth-order valence-electron chi connectivity index (χ4n) is 1.75. The molecule has 0 aromatic heterocycles. The quantitative estimate of drug-likeness (QED) is 0.706. The highest BCUT2D eigenvalue weighted by molar-refractivity contribution is 5.39. The lowest BCUT2D eigenvalue weighted by Crippen LogP contribution is -1.93. The van der Waals surface area contributed by atoms with Crippen LogP contribution in [-0.4, -0.2) is 7.11 Å². The Kier molecular flexibility index (Phi) is 2.49. The maximum absolute atomic E-state index is 5.32. The molecule has 0 saturated heterocycles. The van der Waals surface area contributed by atoms with Gasteiger partial charge in [-0.2, -0.15) is 0 Å². The molecule has 0 amide bonds. The summed E-state index contributed by atoms with van der Waals surface area (Å²) in [6, 6.07) is 6.67. The average molecular weight is 190 g/mol. The molecule has 0 aliphatic heterocycles. The minimum Gasteiger partial charge on any atom is -0.497 e. The van der Waals surface area contributed by atoms with Crippen molar-refractivity contribution >= 4 is 0 Å². The molecule has 1 aliphatic carbocycles. The second-order valence-electron chi connectivity index (χ2n) is 4.47. The molecule has 0 spiro atoms. The molecule has 0 bridgehead atoms. The van der Waals surface area contributed by atoms with Crippen molar-refractivity contribution in [1.29, 1.82) is 0 Å². The van der Waals surface area contributed by atoms with Gasteiger partial charge in [0.2, 0.25) is 0 Å². The Balaban J connectivity index is 2.35. The summed E-state index contributed by atoms with van der Waals surface area (Å²) in [4.78, 5) is 0. The van der Waals surface area contributed by atoms with Gasteiger partial charge in [0.25, 0.3) is 0 Å². The van der Waals surface area contributed by atoms with Crippen molar-refractivity contribution < 1.29 is 4.74 Å². The average Bonchev–Trinajstić information content (AvgIpc) is 3.00. The zero-order chi connectivity index (χ0) is 10.1. The van der Waals surface area contributed by atoms with Crippen molar-refractivity contribution in [2.75, 3.05) is 7.11 Å². The Morgan fingerprint density at radius 1 is 1.21 bits per heavy atom. The van der Waals surface area contributed by atoms with Gasteiger partial charge in [-0.05, 0) is 47.9 Å². The summed E-state index contributed by atoms with van der Waals surface area (Å²) in [5.74, 6) is 2.41. The van der Waals surface area contributed by atoms with Crippen molar-refractivity contribution in [2.24, 2.45) is 0 Å². The molecule has 1 aliphatic rings. The number of benzene rings is 1. The second kappa shape index (κ2) is 3.64. The summed E-state index contributed by atoms with van der Waals surface area (Å²) in [6.07, 6.45) is 2.70. The molecular weight excluding hydrogens is 172 g/mol. The van der Waals surface area contributed by atoms with Gasteiger partial charge in [0.15, 0.2) is 0 Å². The Labute approximate surface area is 86.1 Å². The molecule has 1 aromatic rings. The van der Waals surface area contributed by atoms with Gasteiger partial charge in [-0.25, -0.2) is 0 Å². The number of rotatable bonds is 3. The van der Waals surface area contributed by atoms with Crippen LogP contribution in [0.2, 0.25) is 0 Å². The van der Waals surface area contributed by atoms with Gasteiger partial charge in [-0.15, -0.1) is 0 Å². The van der Waals surface area contributed by atoms with Crippen LogP contribution in [0, 0.1) is 0 Å². The Bertz CT molecular complexity index is 304. The molecule has 1 aromatic carbocycles. The minimum absolute atomic E-state index is 0.586. The number of ether oxygens (including phenoxy) is 1. The lowest BCUT2D eigenvalue weighted by molar-refractivity contribution is 0.413. The zero-order valence-electron chi connectivity index (χ0n) is 9.21. The third-order valence-electron chi connectivity index (χ3n) is 2.90. The van der Waals surface area contributed by atoms with Crippen LogP contribution in [0.1, 0.15) is 49.7 Å². The van der Waals surface area contributed by atoms with E-state index in [2.05, 4.69) is 32.0 Å². The fraction of sp³-hybridized carbons (Fsp3) is 0.538. The molecule has 0 radical (unpaired) electrons. The van der Waals surface area contributed by atoms with E-state index in [0.717, 1.165) is 11.7 Å². The van der Waals surface area contributed by atoms with Gasteiger partial charge >= 0.3 is 0 Å². The van der Waals surface area contributed by atoms with E-state index in [4.69, 9.17) is 4.74 Å². The van der Waals surface area contributed by atoms with Gasteiger partial charge in [-0.1, -0.05) is 19.9 Å². The van der Waals surface area contributed by atoms with Crippen molar-refractivity contribution in [3.63, 3.8) is 0 Å². The lowest BCUT2D eigenvalue weighted by Gasteiger charge is -2.10. The smallest absolute Gasteiger partial charge is 0.119 e. The third-order valence-corrected chi connectivity index (χ3v) is 2.90. The maximum Gasteiger partial charge on any atom is 0.119 e. The summed E-state index contributed by atoms with van der Waals surface area (Å²) in [6.45, 7) is 4.46. The molecule has 76 valence electrons. The molecule has 0 atom stereocenters. The van der Waals surface area contributed by atoms with Crippen LogP contribution < -0.4 is 4.74 Å². The predicted molar refractivity (Wildman–Crippen MR) is 59.1 cm³/mol. The maximum atomic E-state index is 5.32. The standard InChI is InChI=1S/C13H18O/c1-9(2)11-6-12(10-4-5-10)8-13(7-11)14-3/h6-10H,4-5H2,1-3H3. The highest BCUT2D eigenvalue weighted by Crippen LogP contribution is 2.42. The first kappa shape index (κ1) is 9.57. The van der Waals surface area contributed by atoms with E-state index in [1.807, 2.05) is 0 Å². The van der Waals surface area contributed by atoms with Crippen LogP contribution >= 0.6 is 0 Å². The first-order valence-electron chi connectivity index (χ1n) is 5.39. The van der Waals surface area contributed by atoms with Crippen molar-refractivity contribution in [3.8, 4) is 5.75 Å². The SMILES string of the molecule is COc1cc(C(C)C)cc(C2CC2)c1. The van der Waals surface area contributed by atoms with Crippen LogP contribution in [0.25, 0.3) is 0 Å². The second-order valence-corrected chi connectivity index (χ2v) is 4.47. The molecule has 1 saturated carbocycles. The molecule has 1 nitrogen and oxygen atoms in total. The first-order valence-corrected chi connectivity index (χ1v) is 5.39. The van der Waals surface area contributed by atoms with E-state index in [-0.39, 0.29) is 0 Å². The van der Waals surface area contributed by atoms with Crippen LogP contribution in [0.3, 0.4) is 0 Å². The summed E-state index contributed by atoms with van der Waals surface area (Å²) in [5.41, 5.74) is 2.86. The molecular formula is C13H18O. The van der Waals surface area contributed by atoms with Crippen LogP contribution in [0.15, 0.2) is 18.2 Å². The van der Waals surface area contributed by atoms with Gasteiger partial charge in [0, 0.05) is 0 Å². The van der Waals surface area contributed by atoms with E-state index < -0.39 is 0 Å². The van der Waals surface area contributed by atoms with Crippen LogP contribution in [0.4, 0.5) is 0 Å². The molecule has 2 rings (SSSR count). The number of methoxy groups -OCH3 is 1. The van der Waals surface area contributed by atoms with Gasteiger partial charge in [0.1, 0.15) is 5.75 Å². The Morgan fingerprint density at radius 3 is 2.43 bits per heavy atom. The summed E-state index contributed by atoms with van der Waals surface area (Å²) < 4.78 is 5.32. The van der Waals surface area contributed by atoms with E-state index in [9.17, 15) is 0 Å². The Morgan fingerprint density at radius 2 is 1.93 bits per heavy atom. The van der Waals surface area contributed by atoms with Gasteiger partial charge in [0.05, 0.1) is 7.11 Å². The number of hydrogen-bond donors (Lipinski definition) is 0. The van der Waals surface area contributed by atoms with E-state index in [0.29, 0.717) is 5.92 Å². The summed E-state index contributed by atoms with van der Waals surface area (Å²) in [5, 5.41) is 0. The lowest BCUT2D eigenvalue weighted by atomic mass is 9.98. The zero-order valence-corrected chi connectivity index (χ0v) is 9.21. The van der Waals surface area contributed by atoms with E-state index in [1.54, 1.807) is 7.11 Å². The molecule has 1 heteroatoms. The number of hydrogen-bond acceptors (Lipinski definition) is 1.